The summed E-state index contributed by atoms with van der Waals surface area (Å²) in [4.78, 5) is 13.9. The largest absolute Gasteiger partial charge is 0.407 e. The summed E-state index contributed by atoms with van der Waals surface area (Å²) in [7, 11) is 0. The Kier molecular flexibility index (Phi) is 5.39. The Morgan fingerprint density at radius 1 is 1.00 bits per heavy atom. The Balaban J connectivity index is 1.46. The smallest absolute Gasteiger partial charge is 0.322 e. The summed E-state index contributed by atoms with van der Waals surface area (Å²) >= 11 is 1.80. The molecule has 0 saturated carbocycles. The monoisotopic (exact) mass is 389 g/mol. The number of nitrogens with zero attached hydrogens (tertiary/aromatic N) is 2. The lowest BCUT2D eigenvalue weighted by molar-refractivity contribution is 0.102. The Morgan fingerprint density at radius 2 is 1.79 bits per heavy atom. The first kappa shape index (κ1) is 18.3. The molecule has 1 aromatic heterocycles. The fourth-order valence-corrected chi connectivity index (χ4v) is 3.67. The van der Waals surface area contributed by atoms with Gasteiger partial charge in [-0.15, -0.1) is 16.9 Å². The van der Waals surface area contributed by atoms with Crippen molar-refractivity contribution in [2.75, 3.05) is 11.1 Å². The summed E-state index contributed by atoms with van der Waals surface area (Å²) in [6.07, 6.45) is 0.522. The number of hydrogen-bond acceptors (Lipinski definition) is 5. The van der Waals surface area contributed by atoms with Gasteiger partial charge in [0.2, 0.25) is 5.89 Å². The van der Waals surface area contributed by atoms with E-state index in [4.69, 9.17) is 4.42 Å². The second-order valence-corrected chi connectivity index (χ2v) is 7.57. The van der Waals surface area contributed by atoms with Gasteiger partial charge in [0.1, 0.15) is 0 Å². The minimum atomic E-state index is -0.270. The van der Waals surface area contributed by atoms with E-state index in [9.17, 15) is 4.79 Å². The number of carbonyl (C=O) groups excluding carboxylic acids is 1. The molecule has 0 saturated heterocycles. The quantitative estimate of drug-likeness (QED) is 0.460. The van der Waals surface area contributed by atoms with E-state index < -0.39 is 0 Å². The maximum atomic E-state index is 12.7. The fraction of sp³-hybridized carbons (Fsp3) is 0.136. The van der Waals surface area contributed by atoms with Crippen LogP contribution in [-0.4, -0.2) is 21.9 Å². The second kappa shape index (κ2) is 8.27. The van der Waals surface area contributed by atoms with E-state index in [1.54, 1.807) is 17.8 Å². The number of amides is 1. The molecule has 28 heavy (non-hydrogen) atoms. The van der Waals surface area contributed by atoms with Crippen molar-refractivity contribution in [1.29, 1.82) is 0 Å². The van der Waals surface area contributed by atoms with Crippen LogP contribution >= 0.6 is 11.8 Å². The van der Waals surface area contributed by atoms with Gasteiger partial charge >= 0.3 is 6.01 Å². The van der Waals surface area contributed by atoms with Crippen molar-refractivity contribution in [3.8, 4) is 0 Å². The van der Waals surface area contributed by atoms with Gasteiger partial charge in [0, 0.05) is 10.5 Å². The van der Waals surface area contributed by atoms with Gasteiger partial charge in [-0.05, 0) is 40.3 Å². The van der Waals surface area contributed by atoms with Crippen LogP contribution in [0.1, 0.15) is 28.7 Å². The Morgan fingerprint density at radius 3 is 2.61 bits per heavy atom. The fourth-order valence-electron chi connectivity index (χ4n) is 3.01. The van der Waals surface area contributed by atoms with Gasteiger partial charge in [-0.3, -0.25) is 10.1 Å². The Bertz CT molecular complexity index is 1100. The number of aromatic nitrogens is 2. The van der Waals surface area contributed by atoms with E-state index in [0.29, 0.717) is 17.9 Å². The molecule has 0 aliphatic rings. The predicted octanol–water partition coefficient (Wildman–Crippen LogP) is 5.18. The first-order valence-electron chi connectivity index (χ1n) is 9.06. The summed E-state index contributed by atoms with van der Waals surface area (Å²) in [6, 6.07) is 21.7. The van der Waals surface area contributed by atoms with Crippen LogP contribution in [0.3, 0.4) is 0 Å². The highest BCUT2D eigenvalue weighted by atomic mass is 32.2. The van der Waals surface area contributed by atoms with Crippen LogP contribution in [0.2, 0.25) is 0 Å². The Hall–Kier alpha value is -3.12. The number of thioether (sulfide) groups is 1. The van der Waals surface area contributed by atoms with Crippen molar-refractivity contribution in [1.82, 2.24) is 10.2 Å². The van der Waals surface area contributed by atoms with E-state index in [2.05, 4.69) is 46.7 Å². The van der Waals surface area contributed by atoms with Crippen molar-refractivity contribution >= 4 is 34.5 Å². The normalized spacial score (nSPS) is 10.9. The first-order valence-corrected chi connectivity index (χ1v) is 10.0. The number of anilines is 1. The molecule has 0 bridgehead atoms. The van der Waals surface area contributed by atoms with Crippen molar-refractivity contribution in [3.63, 3.8) is 0 Å². The SMILES string of the molecule is CCSc1ccc(Cc2nnc(NC(=O)c3cccc4ccccc34)o2)cc1. The summed E-state index contributed by atoms with van der Waals surface area (Å²) in [6.45, 7) is 2.13. The average Bonchev–Trinajstić information content (AvgIpc) is 3.16. The highest BCUT2D eigenvalue weighted by Crippen LogP contribution is 2.21. The van der Waals surface area contributed by atoms with Crippen LogP contribution in [-0.2, 0) is 6.42 Å². The molecule has 140 valence electrons. The van der Waals surface area contributed by atoms with Gasteiger partial charge in [0.15, 0.2) is 0 Å². The number of benzene rings is 3. The number of nitrogens with one attached hydrogen (secondary N) is 1. The molecule has 0 atom stereocenters. The molecule has 0 spiro atoms. The van der Waals surface area contributed by atoms with E-state index in [-0.39, 0.29) is 11.9 Å². The number of carbonyl (C=O) groups is 1. The highest BCUT2D eigenvalue weighted by molar-refractivity contribution is 7.99. The number of fused-ring (bicyclic) bond motifs is 1. The average molecular weight is 389 g/mol. The zero-order valence-electron chi connectivity index (χ0n) is 15.4. The molecule has 4 aromatic rings. The van der Waals surface area contributed by atoms with Crippen LogP contribution in [0.15, 0.2) is 76.0 Å². The van der Waals surface area contributed by atoms with Gasteiger partial charge in [-0.25, -0.2) is 0 Å². The Labute approximate surface area is 167 Å². The van der Waals surface area contributed by atoms with Crippen molar-refractivity contribution in [2.24, 2.45) is 0 Å². The van der Waals surface area contributed by atoms with Crippen molar-refractivity contribution < 1.29 is 9.21 Å². The lowest BCUT2D eigenvalue weighted by Gasteiger charge is -2.05. The molecule has 1 N–H and O–H groups in total. The van der Waals surface area contributed by atoms with E-state index in [1.807, 2.05) is 36.4 Å². The standard InChI is InChI=1S/C22H19N3O2S/c1-2-28-17-12-10-15(11-13-17)14-20-24-25-22(27-20)23-21(26)19-9-5-7-16-6-3-4-8-18(16)19/h3-13H,2,14H2,1H3,(H,23,25,26). The molecule has 0 unspecified atom stereocenters. The predicted molar refractivity (Wildman–Crippen MR) is 112 cm³/mol. The molecular weight excluding hydrogens is 370 g/mol. The molecule has 0 fully saturated rings. The van der Waals surface area contributed by atoms with Gasteiger partial charge < -0.3 is 4.42 Å². The molecule has 5 nitrogen and oxygen atoms in total. The third kappa shape index (κ3) is 4.07. The summed E-state index contributed by atoms with van der Waals surface area (Å²) in [5.74, 6) is 1.24. The van der Waals surface area contributed by atoms with E-state index in [0.717, 1.165) is 22.1 Å². The molecule has 1 amide bonds. The molecule has 0 radical (unpaired) electrons. The van der Waals surface area contributed by atoms with Crippen LogP contribution in [0, 0.1) is 0 Å². The van der Waals surface area contributed by atoms with Gasteiger partial charge in [0.05, 0.1) is 6.42 Å². The summed E-state index contributed by atoms with van der Waals surface area (Å²) < 4.78 is 5.61. The second-order valence-electron chi connectivity index (χ2n) is 6.24. The number of rotatable bonds is 6. The zero-order valence-corrected chi connectivity index (χ0v) is 16.2. The molecule has 3 aromatic carbocycles. The lowest BCUT2D eigenvalue weighted by atomic mass is 10.0. The first-order chi connectivity index (χ1) is 13.7. The summed E-state index contributed by atoms with van der Waals surface area (Å²) in [5, 5.41) is 12.6. The topological polar surface area (TPSA) is 68.0 Å². The van der Waals surface area contributed by atoms with Gasteiger partial charge in [0.25, 0.3) is 5.91 Å². The molecule has 6 heteroatoms. The molecular formula is C22H19N3O2S. The highest BCUT2D eigenvalue weighted by Gasteiger charge is 2.14. The van der Waals surface area contributed by atoms with E-state index >= 15 is 0 Å². The van der Waals surface area contributed by atoms with Crippen LogP contribution < -0.4 is 5.32 Å². The van der Waals surface area contributed by atoms with E-state index in [1.165, 1.54) is 4.90 Å². The number of hydrogen-bond donors (Lipinski definition) is 1. The van der Waals surface area contributed by atoms with Crippen LogP contribution in [0.25, 0.3) is 10.8 Å². The van der Waals surface area contributed by atoms with Crippen LogP contribution in [0.4, 0.5) is 6.01 Å². The molecule has 4 rings (SSSR count). The minimum absolute atomic E-state index is 0.103. The van der Waals surface area contributed by atoms with Gasteiger partial charge in [-0.1, -0.05) is 60.6 Å². The van der Waals surface area contributed by atoms with Crippen molar-refractivity contribution in [2.45, 2.75) is 18.2 Å². The third-order valence-electron chi connectivity index (χ3n) is 4.31. The van der Waals surface area contributed by atoms with Crippen molar-refractivity contribution in [3.05, 3.63) is 83.7 Å². The van der Waals surface area contributed by atoms with Gasteiger partial charge in [-0.2, -0.15) is 0 Å². The molecule has 0 aliphatic carbocycles. The third-order valence-corrected chi connectivity index (χ3v) is 5.21. The van der Waals surface area contributed by atoms with Crippen LogP contribution in [0.5, 0.6) is 0 Å². The lowest BCUT2D eigenvalue weighted by Crippen LogP contribution is -2.12. The molecule has 1 heterocycles. The molecule has 0 aliphatic heterocycles. The minimum Gasteiger partial charge on any atom is -0.407 e. The summed E-state index contributed by atoms with van der Waals surface area (Å²) in [5.41, 5.74) is 1.65. The maximum Gasteiger partial charge on any atom is 0.322 e. The maximum absolute atomic E-state index is 12.7. The zero-order chi connectivity index (χ0) is 19.3.